The number of nitrogens with two attached hydrogens (primary N) is 5. The van der Waals surface area contributed by atoms with Crippen molar-refractivity contribution in [2.45, 2.75) is 206 Å². The Labute approximate surface area is 732 Å². The number of nitrogens with one attached hydrogen (secondary N) is 14. The number of carboxylic acid groups (broad SMARTS) is 1. The monoisotopic (exact) mass is 1770 g/mol. The Morgan fingerprint density at radius 3 is 1.70 bits per heavy atom. The van der Waals surface area contributed by atoms with Gasteiger partial charge in [-0.1, -0.05) is 74.1 Å². The lowest BCUT2D eigenvalue weighted by Gasteiger charge is -2.29. The molecule has 27 N–H and O–H groups in total. The molecule has 1 aliphatic rings. The Kier molecular flexibility index (Phi) is 42.1. The zero-order valence-electron chi connectivity index (χ0n) is 71.4. The third-order valence-corrected chi connectivity index (χ3v) is 21.2. The number of carboxylic acids is 1. The molecule has 0 spiro atoms. The van der Waals surface area contributed by atoms with Crippen molar-refractivity contribution < 1.29 is 92.0 Å². The molecule has 686 valence electrons. The number of likely N-dealkylation sites (N-methyl/N-ethyl adjacent to an activating group) is 1. The van der Waals surface area contributed by atoms with Crippen LogP contribution in [0, 0.1) is 5.92 Å². The maximum atomic E-state index is 14.8. The van der Waals surface area contributed by atoms with Crippen LogP contribution in [0.4, 0.5) is 4.79 Å². The highest BCUT2D eigenvalue weighted by Crippen LogP contribution is 2.34. The van der Waals surface area contributed by atoms with E-state index in [0.29, 0.717) is 43.2 Å². The first-order valence-corrected chi connectivity index (χ1v) is 42.2. The Morgan fingerprint density at radius 2 is 1.13 bits per heavy atom. The normalized spacial score (nSPS) is 19.4. The third-order valence-electron chi connectivity index (χ3n) is 20.2. The summed E-state index contributed by atoms with van der Waals surface area (Å²) in [4.78, 5) is 230. The topological polar surface area (TPSA) is 666 Å². The van der Waals surface area contributed by atoms with Crippen LogP contribution in [0.15, 0.2) is 107 Å². The first-order chi connectivity index (χ1) is 60.0. The van der Waals surface area contributed by atoms with E-state index >= 15 is 0 Å². The molecular weight excluding hydrogens is 1660 g/mol. The van der Waals surface area contributed by atoms with E-state index in [0.717, 1.165) is 13.8 Å². The van der Waals surface area contributed by atoms with Gasteiger partial charge in [0.1, 0.15) is 66.5 Å². The number of carbonyl (C=O) groups excluding carboxylic acids is 15. The van der Waals surface area contributed by atoms with Gasteiger partial charge >= 0.3 is 12.0 Å². The summed E-state index contributed by atoms with van der Waals surface area (Å²) in [5, 5.41) is 72.2. The smallest absolute Gasteiger partial charge is 0.345 e. The molecule has 42 nitrogen and oxygen atoms in total. The summed E-state index contributed by atoms with van der Waals surface area (Å²) in [6, 6.07) is 7.25. The van der Waals surface area contributed by atoms with E-state index in [2.05, 4.69) is 79.4 Å². The van der Waals surface area contributed by atoms with Crippen molar-refractivity contribution in [3.63, 3.8) is 0 Å². The van der Waals surface area contributed by atoms with Crippen molar-refractivity contribution in [2.75, 3.05) is 59.9 Å². The minimum Gasteiger partial charge on any atom is -0.481 e. The molecule has 1 aliphatic heterocycles. The molecule has 2 aromatic heterocycles. The molecule has 14 atom stereocenters. The van der Waals surface area contributed by atoms with Crippen LogP contribution in [-0.2, 0) is 73.5 Å². The van der Waals surface area contributed by atoms with Crippen LogP contribution < -0.4 is 103 Å². The molecule has 3 aromatic carbocycles. The van der Waals surface area contributed by atoms with Crippen molar-refractivity contribution in [3.8, 4) is 0 Å². The van der Waals surface area contributed by atoms with Gasteiger partial charge < -0.3 is 123 Å². The standard InChI is InChI=1S/C83H119N23O19S/c1-45(2)41-62-79(121)97-57(29-35-85)73(115)96-60(32-38-88)78(120)102-69(47(4)107)81(123)91-40-33-61(76(118)95-58(30-36-86)75(117)101-63(80(122)100-62)42-49-15-9-8-10-16-49)98-74(116)59(31-37-87)99-82(124)70(48(5)108)103-77(119)56(28-34-84)94-67(110)26-25-66(109)93-55(24-27-68(111)112)72(114)92-44-46(3)105(7)83(125)106-64-43-51(126-65-19-12-11-18-53(65)71(113)89-6)21-22-52(64)54(104-106)23-20-50-17-13-14-39-90-50/h8-23,39,43,45-48,55-63,69-70,107-108H,24-38,40-42,44,84-88H2,1-7H3,(H,89,113)(H,91,123)(H,92,114)(H,93,109)(H,94,110)(H,95,118)(H,96,115)(H,97,121)(H,98,116)(H,99,124)(H,100,122)(H,101,117)(H,102,120)(H,103,119)(H,111,112)/b23-20+/t46?,47-,48-,55+,56+,57+,58+,59+,60+,61+,62+,63-,69+,70+/m1/s1. The Hall–Kier alpha value is -12.4. The summed E-state index contributed by atoms with van der Waals surface area (Å²) in [5.74, 6) is -14.8. The van der Waals surface area contributed by atoms with Gasteiger partial charge in [0.05, 0.1) is 34.7 Å². The number of aliphatic hydroxyl groups excluding tert-OH is 2. The number of fused-ring (bicyclic) bond motifs is 1. The molecule has 5 aromatic rings. The van der Waals surface area contributed by atoms with Gasteiger partial charge in [-0.15, -0.1) is 0 Å². The Balaban J connectivity index is 1.16. The van der Waals surface area contributed by atoms with Gasteiger partial charge in [-0.2, -0.15) is 9.78 Å². The molecule has 0 aliphatic carbocycles. The van der Waals surface area contributed by atoms with Crippen LogP contribution >= 0.6 is 11.8 Å². The van der Waals surface area contributed by atoms with Gasteiger partial charge in [-0.3, -0.25) is 76.9 Å². The minimum atomic E-state index is -1.92. The van der Waals surface area contributed by atoms with Gasteiger partial charge in [0, 0.05) is 80.3 Å². The fourth-order valence-electron chi connectivity index (χ4n) is 13.1. The molecule has 1 saturated heterocycles. The lowest BCUT2D eigenvalue weighted by molar-refractivity contribution is -0.138. The highest BCUT2D eigenvalue weighted by molar-refractivity contribution is 7.99. The number of amides is 15. The lowest BCUT2D eigenvalue weighted by atomic mass is 10.00. The number of nitrogens with zero attached hydrogens (tertiary/aromatic N) is 4. The molecule has 0 saturated carbocycles. The number of hydrogen-bond donors (Lipinski definition) is 22. The summed E-state index contributed by atoms with van der Waals surface area (Å²) >= 11 is 1.29. The van der Waals surface area contributed by atoms with Crippen LogP contribution in [-0.4, -0.2) is 274 Å². The molecule has 0 bridgehead atoms. The lowest BCUT2D eigenvalue weighted by Crippen LogP contribution is -2.62. The second-order valence-corrected chi connectivity index (χ2v) is 31.7. The maximum Gasteiger partial charge on any atom is 0.345 e. The van der Waals surface area contributed by atoms with Gasteiger partial charge in [0.15, 0.2) is 0 Å². The molecule has 1 unspecified atom stereocenters. The van der Waals surface area contributed by atoms with Gasteiger partial charge in [-0.05, 0) is 171 Å². The van der Waals surface area contributed by atoms with Crippen molar-refractivity contribution in [3.05, 3.63) is 120 Å². The number of carbonyl (C=O) groups is 16. The third kappa shape index (κ3) is 32.0. The summed E-state index contributed by atoms with van der Waals surface area (Å²) in [6.45, 7) is 5.44. The minimum absolute atomic E-state index is 0.0000673. The summed E-state index contributed by atoms with van der Waals surface area (Å²) < 4.78 is 1.20. The Morgan fingerprint density at radius 1 is 0.587 bits per heavy atom. The van der Waals surface area contributed by atoms with Crippen molar-refractivity contribution in [2.24, 2.45) is 34.6 Å². The van der Waals surface area contributed by atoms with Crippen molar-refractivity contribution >= 4 is 130 Å². The zero-order valence-corrected chi connectivity index (χ0v) is 72.3. The molecule has 3 heterocycles. The zero-order chi connectivity index (χ0) is 92.9. The van der Waals surface area contributed by atoms with Crippen molar-refractivity contribution in [1.29, 1.82) is 0 Å². The van der Waals surface area contributed by atoms with Gasteiger partial charge in [-0.25, -0.2) is 4.79 Å². The van der Waals surface area contributed by atoms with Crippen LogP contribution in [0.1, 0.15) is 133 Å². The van der Waals surface area contributed by atoms with E-state index in [1.54, 1.807) is 118 Å². The van der Waals surface area contributed by atoms with E-state index in [1.807, 2.05) is 12.1 Å². The highest BCUT2D eigenvalue weighted by atomic mass is 32.2. The second kappa shape index (κ2) is 51.8. The first kappa shape index (κ1) is 102. The van der Waals surface area contributed by atoms with E-state index in [-0.39, 0.29) is 89.6 Å². The fraction of sp³-hybridized carbons (Fsp3) is 0.494. The molecule has 126 heavy (non-hydrogen) atoms. The van der Waals surface area contributed by atoms with E-state index in [9.17, 15) is 92.0 Å². The molecule has 1 fully saturated rings. The van der Waals surface area contributed by atoms with E-state index in [1.165, 1.54) is 35.4 Å². The Bertz CT molecular complexity index is 4620. The van der Waals surface area contributed by atoms with Crippen LogP contribution in [0.5, 0.6) is 0 Å². The van der Waals surface area contributed by atoms with Gasteiger partial charge in [0.25, 0.3) is 5.91 Å². The fourth-order valence-corrected chi connectivity index (χ4v) is 14.1. The number of aromatic nitrogens is 3. The largest absolute Gasteiger partial charge is 0.481 e. The van der Waals surface area contributed by atoms with Crippen LogP contribution in [0.3, 0.4) is 0 Å². The number of hydrogen-bond acceptors (Lipinski definition) is 26. The summed E-state index contributed by atoms with van der Waals surface area (Å²) in [7, 11) is 3.00. The maximum absolute atomic E-state index is 14.8. The number of rotatable bonds is 39. The molecular formula is C83H119N23O19S. The average molecular weight is 1780 g/mol. The molecule has 15 amide bonds. The molecule has 6 rings (SSSR count). The quantitative estimate of drug-likeness (QED) is 0.0177. The van der Waals surface area contributed by atoms with Crippen LogP contribution in [0.2, 0.25) is 0 Å². The van der Waals surface area contributed by atoms with Crippen LogP contribution in [0.25, 0.3) is 23.1 Å². The number of aliphatic hydroxyl groups is 2. The first-order valence-electron chi connectivity index (χ1n) is 41.4. The predicted octanol–water partition coefficient (Wildman–Crippen LogP) is -4.19. The van der Waals surface area contributed by atoms with Gasteiger partial charge in [0.2, 0.25) is 76.8 Å². The van der Waals surface area contributed by atoms with Crippen molar-refractivity contribution in [1.82, 2.24) is 94.1 Å². The highest BCUT2D eigenvalue weighted by Gasteiger charge is 2.39. The van der Waals surface area contributed by atoms with E-state index < -0.39 is 219 Å². The van der Waals surface area contributed by atoms with E-state index in [4.69, 9.17) is 33.8 Å². The predicted molar refractivity (Wildman–Crippen MR) is 464 cm³/mol. The molecule has 0 radical (unpaired) electrons. The molecule has 43 heteroatoms. The SMILES string of the molecule is CNC(=O)c1ccccc1Sc1ccc2c(/C=C/c3ccccn3)nn(C(=O)N(C)C(C)CNC(=O)[C@H](CCC(=O)O)NC(=O)CCC(=O)N[C@@H](CCN)C(=O)N[C@H](C(=O)N[C@@H](CCN)C(=O)N[C@H]3CCNC(=O)[C@H]([C@@H](C)O)NC(=O)[C@H](CCN)NC(=O)[C@H](CCN)NC(=O)[C@H](CC(C)C)NC(=O)[C@@H](Cc4ccccc4)NC(=O)[C@H](CCN)NC3=O)[C@@H](C)O)c2c1. The summed E-state index contributed by atoms with van der Waals surface area (Å²) in [6.07, 6.45) is -2.74. The number of benzene rings is 3. The second-order valence-electron chi connectivity index (χ2n) is 30.6. The average Bonchev–Trinajstić information content (AvgIpc) is 1.62. The number of pyridine rings is 1. The summed E-state index contributed by atoms with van der Waals surface area (Å²) in [5.41, 5.74) is 32.0. The number of aliphatic carboxylic acids is 1.